The maximum absolute atomic E-state index is 5.85. The van der Waals surface area contributed by atoms with E-state index in [2.05, 4.69) is 9.97 Å². The van der Waals surface area contributed by atoms with Gasteiger partial charge < -0.3 is 10.5 Å². The second-order valence-electron chi connectivity index (χ2n) is 3.77. The zero-order chi connectivity index (χ0) is 11.8. The molecule has 0 radical (unpaired) electrons. The highest BCUT2D eigenvalue weighted by molar-refractivity contribution is 5.92. The molecule has 17 heavy (non-hydrogen) atoms. The fraction of sp³-hybridized carbons (Fsp3) is 0.0769. The average Bonchev–Trinajstić information content (AvgIpc) is 2.36. The Morgan fingerprint density at radius 1 is 0.941 bits per heavy atom. The fourth-order valence-electron chi connectivity index (χ4n) is 1.89. The lowest BCUT2D eigenvalue weighted by Gasteiger charge is -2.08. The van der Waals surface area contributed by atoms with Gasteiger partial charge >= 0.3 is 0 Å². The van der Waals surface area contributed by atoms with E-state index in [0.29, 0.717) is 17.0 Å². The first-order chi connectivity index (χ1) is 8.29. The Hall–Kier alpha value is -2.36. The van der Waals surface area contributed by atoms with Gasteiger partial charge in [0.1, 0.15) is 5.52 Å². The van der Waals surface area contributed by atoms with Crippen LogP contribution < -0.4 is 10.5 Å². The lowest BCUT2D eigenvalue weighted by atomic mass is 10.2. The number of aromatic nitrogens is 2. The standard InChI is InChI=1S/C13H11N3O/c1-17-13-8(14)6-7-11-12(13)16-10-5-3-2-4-9(10)15-11/h2-7H,14H2,1H3. The number of nitrogens with two attached hydrogens (primary N) is 1. The Kier molecular flexibility index (Phi) is 2.08. The first-order valence-electron chi connectivity index (χ1n) is 5.28. The summed E-state index contributed by atoms with van der Waals surface area (Å²) in [4.78, 5) is 9.07. The molecule has 3 rings (SSSR count). The fourth-order valence-corrected chi connectivity index (χ4v) is 1.89. The number of rotatable bonds is 1. The number of para-hydroxylation sites is 2. The molecule has 0 amide bonds. The number of nitrogen functional groups attached to an aromatic ring is 1. The van der Waals surface area contributed by atoms with Crippen LogP contribution in [0.25, 0.3) is 22.1 Å². The smallest absolute Gasteiger partial charge is 0.169 e. The zero-order valence-electron chi connectivity index (χ0n) is 9.34. The largest absolute Gasteiger partial charge is 0.492 e. The molecule has 4 nitrogen and oxygen atoms in total. The van der Waals surface area contributed by atoms with E-state index in [0.717, 1.165) is 16.6 Å². The number of benzene rings is 2. The van der Waals surface area contributed by atoms with E-state index in [-0.39, 0.29) is 0 Å². The van der Waals surface area contributed by atoms with Crippen molar-refractivity contribution in [3.05, 3.63) is 36.4 Å². The van der Waals surface area contributed by atoms with E-state index in [1.807, 2.05) is 30.3 Å². The van der Waals surface area contributed by atoms with Crippen molar-refractivity contribution in [2.24, 2.45) is 0 Å². The molecule has 0 aliphatic carbocycles. The minimum atomic E-state index is 0.574. The molecule has 0 saturated carbocycles. The molecule has 84 valence electrons. The van der Waals surface area contributed by atoms with Gasteiger partial charge in [0.05, 0.1) is 29.3 Å². The predicted octanol–water partition coefficient (Wildman–Crippen LogP) is 2.37. The van der Waals surface area contributed by atoms with Crippen LogP contribution in [-0.2, 0) is 0 Å². The molecule has 0 bridgehead atoms. The first-order valence-corrected chi connectivity index (χ1v) is 5.28. The molecule has 1 aromatic heterocycles. The van der Waals surface area contributed by atoms with Gasteiger partial charge in [0.2, 0.25) is 0 Å². The van der Waals surface area contributed by atoms with Crippen LogP contribution >= 0.6 is 0 Å². The van der Waals surface area contributed by atoms with E-state index < -0.39 is 0 Å². The van der Waals surface area contributed by atoms with Gasteiger partial charge in [0.15, 0.2) is 5.75 Å². The highest BCUT2D eigenvalue weighted by atomic mass is 16.5. The number of anilines is 1. The van der Waals surface area contributed by atoms with Crippen molar-refractivity contribution in [2.45, 2.75) is 0 Å². The van der Waals surface area contributed by atoms with Gasteiger partial charge in [-0.15, -0.1) is 0 Å². The summed E-state index contributed by atoms with van der Waals surface area (Å²) in [5.41, 5.74) is 9.61. The molecule has 0 aliphatic rings. The van der Waals surface area contributed by atoms with Crippen molar-refractivity contribution in [1.82, 2.24) is 9.97 Å². The van der Waals surface area contributed by atoms with Crippen LogP contribution in [0, 0.1) is 0 Å². The maximum atomic E-state index is 5.85. The van der Waals surface area contributed by atoms with Crippen molar-refractivity contribution in [2.75, 3.05) is 12.8 Å². The Balaban J connectivity index is 2.47. The third-order valence-electron chi connectivity index (χ3n) is 2.70. The number of methoxy groups -OCH3 is 1. The van der Waals surface area contributed by atoms with Crippen molar-refractivity contribution < 1.29 is 4.74 Å². The molecular weight excluding hydrogens is 214 g/mol. The number of hydrogen-bond acceptors (Lipinski definition) is 4. The summed E-state index contributed by atoms with van der Waals surface area (Å²) in [6.45, 7) is 0. The second kappa shape index (κ2) is 3.59. The maximum Gasteiger partial charge on any atom is 0.169 e. The molecule has 2 aromatic carbocycles. The lowest BCUT2D eigenvalue weighted by molar-refractivity contribution is 0.421. The third-order valence-corrected chi connectivity index (χ3v) is 2.70. The SMILES string of the molecule is COc1c(N)ccc2nc3ccccc3nc12. The van der Waals surface area contributed by atoms with Crippen LogP contribution in [0.1, 0.15) is 0 Å². The number of fused-ring (bicyclic) bond motifs is 2. The number of ether oxygens (including phenoxy) is 1. The van der Waals surface area contributed by atoms with Crippen LogP contribution in [0.4, 0.5) is 5.69 Å². The van der Waals surface area contributed by atoms with E-state index in [9.17, 15) is 0 Å². The summed E-state index contributed by atoms with van der Waals surface area (Å²) in [6, 6.07) is 11.4. The van der Waals surface area contributed by atoms with Gasteiger partial charge in [-0.3, -0.25) is 0 Å². The van der Waals surface area contributed by atoms with Gasteiger partial charge in [0.25, 0.3) is 0 Å². The topological polar surface area (TPSA) is 61.0 Å². The quantitative estimate of drug-likeness (QED) is 0.510. The molecule has 3 aromatic rings. The monoisotopic (exact) mass is 225 g/mol. The predicted molar refractivity (Wildman–Crippen MR) is 68.0 cm³/mol. The van der Waals surface area contributed by atoms with E-state index >= 15 is 0 Å². The Morgan fingerprint density at radius 2 is 1.65 bits per heavy atom. The van der Waals surface area contributed by atoms with Crippen LogP contribution in [0.3, 0.4) is 0 Å². The molecule has 0 unspecified atom stereocenters. The molecule has 2 N–H and O–H groups in total. The zero-order valence-corrected chi connectivity index (χ0v) is 9.34. The summed E-state index contributed by atoms with van der Waals surface area (Å²) in [6.07, 6.45) is 0. The van der Waals surface area contributed by atoms with Gasteiger partial charge in [-0.25, -0.2) is 9.97 Å². The Bertz CT molecular complexity index is 709. The van der Waals surface area contributed by atoms with Crippen molar-refractivity contribution in [3.8, 4) is 5.75 Å². The van der Waals surface area contributed by atoms with Crippen molar-refractivity contribution in [3.63, 3.8) is 0 Å². The average molecular weight is 225 g/mol. The van der Waals surface area contributed by atoms with Crippen LogP contribution in [0.2, 0.25) is 0 Å². The Morgan fingerprint density at radius 3 is 2.35 bits per heavy atom. The summed E-state index contributed by atoms with van der Waals surface area (Å²) in [7, 11) is 1.59. The Labute approximate surface area is 98.1 Å². The number of hydrogen-bond donors (Lipinski definition) is 1. The van der Waals surface area contributed by atoms with Crippen molar-refractivity contribution >= 4 is 27.8 Å². The normalized spacial score (nSPS) is 10.9. The van der Waals surface area contributed by atoms with E-state index in [1.54, 1.807) is 13.2 Å². The lowest BCUT2D eigenvalue weighted by Crippen LogP contribution is -1.96. The van der Waals surface area contributed by atoms with Crippen LogP contribution in [-0.4, -0.2) is 17.1 Å². The molecule has 0 aliphatic heterocycles. The summed E-state index contributed by atoms with van der Waals surface area (Å²) in [5, 5.41) is 0. The summed E-state index contributed by atoms with van der Waals surface area (Å²) in [5.74, 6) is 0.584. The molecular formula is C13H11N3O. The highest BCUT2D eigenvalue weighted by Crippen LogP contribution is 2.30. The van der Waals surface area contributed by atoms with E-state index in [1.165, 1.54) is 0 Å². The molecule has 0 spiro atoms. The van der Waals surface area contributed by atoms with Gasteiger partial charge in [-0.2, -0.15) is 0 Å². The highest BCUT2D eigenvalue weighted by Gasteiger charge is 2.09. The van der Waals surface area contributed by atoms with Crippen LogP contribution in [0.5, 0.6) is 5.75 Å². The van der Waals surface area contributed by atoms with Crippen LogP contribution in [0.15, 0.2) is 36.4 Å². The van der Waals surface area contributed by atoms with Gasteiger partial charge in [-0.1, -0.05) is 12.1 Å². The third kappa shape index (κ3) is 1.45. The van der Waals surface area contributed by atoms with Crippen molar-refractivity contribution in [1.29, 1.82) is 0 Å². The molecule has 0 atom stereocenters. The molecule has 4 heteroatoms. The summed E-state index contributed by atoms with van der Waals surface area (Å²) >= 11 is 0. The summed E-state index contributed by atoms with van der Waals surface area (Å²) < 4.78 is 5.28. The minimum Gasteiger partial charge on any atom is -0.492 e. The van der Waals surface area contributed by atoms with E-state index in [4.69, 9.17) is 10.5 Å². The molecule has 1 heterocycles. The number of nitrogens with zero attached hydrogens (tertiary/aromatic N) is 2. The first kappa shape index (κ1) is 9.84. The molecule has 0 saturated heterocycles. The molecule has 0 fully saturated rings. The minimum absolute atomic E-state index is 0.574. The second-order valence-corrected chi connectivity index (χ2v) is 3.77. The van der Waals surface area contributed by atoms with Gasteiger partial charge in [0, 0.05) is 0 Å². The van der Waals surface area contributed by atoms with Gasteiger partial charge in [-0.05, 0) is 24.3 Å².